The first-order chi connectivity index (χ1) is 13.1. The highest BCUT2D eigenvalue weighted by Gasteiger charge is 2.24. The van der Waals surface area contributed by atoms with Gasteiger partial charge in [0.1, 0.15) is 34.8 Å². The number of fused-ring (bicyclic) bond motifs is 1. The number of hydrogen-bond donors (Lipinski definition) is 2. The van der Waals surface area contributed by atoms with Crippen LogP contribution in [-0.4, -0.2) is 52.1 Å². The average molecular weight is 366 g/mol. The van der Waals surface area contributed by atoms with Crippen molar-refractivity contribution < 1.29 is 9.53 Å². The number of aromatic nitrogens is 4. The van der Waals surface area contributed by atoms with E-state index in [4.69, 9.17) is 4.74 Å². The number of rotatable bonds is 4. The van der Waals surface area contributed by atoms with Gasteiger partial charge in [0.2, 0.25) is 0 Å². The minimum atomic E-state index is -0.225. The van der Waals surface area contributed by atoms with Crippen LogP contribution in [0.5, 0.6) is 5.75 Å². The van der Waals surface area contributed by atoms with E-state index < -0.39 is 0 Å². The number of carbonyl (C=O) groups excluding carboxylic acids is 1. The molecule has 3 aromatic heterocycles. The Morgan fingerprint density at radius 2 is 2.26 bits per heavy atom. The first-order valence-electron chi connectivity index (χ1n) is 9.05. The maximum atomic E-state index is 11.8. The number of pyridine rings is 1. The first-order valence-corrected chi connectivity index (χ1v) is 9.05. The zero-order valence-electron chi connectivity index (χ0n) is 15.4. The van der Waals surface area contributed by atoms with Gasteiger partial charge in [-0.3, -0.25) is 9.78 Å². The molecule has 140 valence electrons. The summed E-state index contributed by atoms with van der Waals surface area (Å²) in [5.74, 6) is 2.11. The summed E-state index contributed by atoms with van der Waals surface area (Å²) in [6.07, 6.45) is 5.46. The van der Waals surface area contributed by atoms with Gasteiger partial charge in [-0.2, -0.15) is 0 Å². The molecule has 1 atom stereocenters. The van der Waals surface area contributed by atoms with Crippen molar-refractivity contribution in [3.05, 3.63) is 42.1 Å². The number of anilines is 1. The summed E-state index contributed by atoms with van der Waals surface area (Å²) < 4.78 is 6.15. The summed E-state index contributed by atoms with van der Waals surface area (Å²) in [4.78, 5) is 30.4. The number of piperidine rings is 1. The lowest BCUT2D eigenvalue weighted by atomic mass is 10.1. The Morgan fingerprint density at radius 3 is 3.11 bits per heavy atom. The highest BCUT2D eigenvalue weighted by molar-refractivity contribution is 5.92. The van der Waals surface area contributed by atoms with Gasteiger partial charge in [0.05, 0.1) is 11.9 Å². The van der Waals surface area contributed by atoms with Crippen LogP contribution >= 0.6 is 0 Å². The Bertz CT molecular complexity index is 970. The summed E-state index contributed by atoms with van der Waals surface area (Å²) >= 11 is 0. The zero-order valence-corrected chi connectivity index (χ0v) is 15.4. The number of aryl methyl sites for hydroxylation is 1. The Labute approximate surface area is 157 Å². The van der Waals surface area contributed by atoms with Crippen LogP contribution in [0.25, 0.3) is 11.0 Å². The molecule has 1 aliphatic rings. The number of ether oxygens (including phenoxy) is 1. The van der Waals surface area contributed by atoms with Gasteiger partial charge in [0, 0.05) is 32.1 Å². The van der Waals surface area contributed by atoms with Crippen LogP contribution < -0.4 is 15.0 Å². The highest BCUT2D eigenvalue weighted by Crippen LogP contribution is 2.27. The predicted molar refractivity (Wildman–Crippen MR) is 102 cm³/mol. The van der Waals surface area contributed by atoms with E-state index in [1.807, 2.05) is 19.2 Å². The highest BCUT2D eigenvalue weighted by atomic mass is 16.5. The molecule has 1 unspecified atom stereocenters. The van der Waals surface area contributed by atoms with Crippen LogP contribution in [0.1, 0.15) is 29.2 Å². The van der Waals surface area contributed by atoms with Crippen molar-refractivity contribution in [2.45, 2.75) is 25.9 Å². The largest absolute Gasteiger partial charge is 0.488 e. The molecule has 0 bridgehead atoms. The standard InChI is InChI=1S/C19H22N6O2/c1-12-23-17-15(6-8-22-17)18(24-12)25-9-3-4-14(11-25)27-13-5-7-21-16(10-13)19(26)20-2/h5-8,10,14H,3-4,9,11H2,1-2H3,(H,20,26)(H,22,23,24). The third-order valence-electron chi connectivity index (χ3n) is 4.68. The molecule has 1 saturated heterocycles. The smallest absolute Gasteiger partial charge is 0.269 e. The fourth-order valence-electron chi connectivity index (χ4n) is 3.43. The Morgan fingerprint density at radius 1 is 1.37 bits per heavy atom. The topological polar surface area (TPSA) is 96.0 Å². The Kier molecular flexibility index (Phi) is 4.62. The molecular weight excluding hydrogens is 344 g/mol. The second kappa shape index (κ2) is 7.22. The molecule has 1 fully saturated rings. The lowest BCUT2D eigenvalue weighted by Gasteiger charge is -2.34. The molecule has 0 saturated carbocycles. The van der Waals surface area contributed by atoms with Crippen LogP contribution in [0.3, 0.4) is 0 Å². The first kappa shape index (κ1) is 17.3. The predicted octanol–water partition coefficient (Wildman–Crippen LogP) is 2.07. The molecular formula is C19H22N6O2. The van der Waals surface area contributed by atoms with Gasteiger partial charge in [-0.25, -0.2) is 9.97 Å². The maximum absolute atomic E-state index is 11.8. The molecule has 2 N–H and O–H groups in total. The van der Waals surface area contributed by atoms with E-state index in [9.17, 15) is 4.79 Å². The van der Waals surface area contributed by atoms with Crippen molar-refractivity contribution in [3.63, 3.8) is 0 Å². The molecule has 3 aromatic rings. The zero-order chi connectivity index (χ0) is 18.8. The van der Waals surface area contributed by atoms with E-state index >= 15 is 0 Å². The van der Waals surface area contributed by atoms with E-state index in [-0.39, 0.29) is 12.0 Å². The van der Waals surface area contributed by atoms with Crippen LogP contribution in [0.15, 0.2) is 30.6 Å². The van der Waals surface area contributed by atoms with Crippen LogP contribution in [0.4, 0.5) is 5.82 Å². The number of nitrogens with one attached hydrogen (secondary N) is 2. The molecule has 1 amide bonds. The van der Waals surface area contributed by atoms with Gasteiger partial charge in [0.25, 0.3) is 5.91 Å². The lowest BCUT2D eigenvalue weighted by molar-refractivity contribution is 0.0957. The van der Waals surface area contributed by atoms with Crippen molar-refractivity contribution in [1.29, 1.82) is 0 Å². The van der Waals surface area contributed by atoms with Gasteiger partial charge in [-0.05, 0) is 31.9 Å². The van der Waals surface area contributed by atoms with Gasteiger partial charge < -0.3 is 19.9 Å². The number of hydrogen-bond acceptors (Lipinski definition) is 6. The molecule has 27 heavy (non-hydrogen) atoms. The monoisotopic (exact) mass is 366 g/mol. The minimum absolute atomic E-state index is 0.0166. The maximum Gasteiger partial charge on any atom is 0.269 e. The molecule has 4 rings (SSSR count). The Balaban J connectivity index is 1.53. The second-order valence-electron chi connectivity index (χ2n) is 6.62. The van der Waals surface area contributed by atoms with Gasteiger partial charge in [-0.15, -0.1) is 0 Å². The summed E-state index contributed by atoms with van der Waals surface area (Å²) in [6, 6.07) is 5.47. The van der Waals surface area contributed by atoms with Crippen LogP contribution in [-0.2, 0) is 0 Å². The summed E-state index contributed by atoms with van der Waals surface area (Å²) in [5.41, 5.74) is 1.20. The van der Waals surface area contributed by atoms with E-state index in [2.05, 4.69) is 30.2 Å². The van der Waals surface area contributed by atoms with Gasteiger partial charge >= 0.3 is 0 Å². The van der Waals surface area contributed by atoms with Crippen LogP contribution in [0.2, 0.25) is 0 Å². The number of amides is 1. The molecule has 0 aromatic carbocycles. The van der Waals surface area contributed by atoms with Crippen molar-refractivity contribution in [2.24, 2.45) is 0 Å². The summed E-state index contributed by atoms with van der Waals surface area (Å²) in [6.45, 7) is 3.56. The fourth-order valence-corrected chi connectivity index (χ4v) is 3.43. The molecule has 0 aliphatic carbocycles. The molecule has 8 nitrogen and oxygen atoms in total. The lowest BCUT2D eigenvalue weighted by Crippen LogP contribution is -2.41. The van der Waals surface area contributed by atoms with Gasteiger partial charge in [0.15, 0.2) is 0 Å². The number of aromatic amines is 1. The third kappa shape index (κ3) is 3.55. The fraction of sp³-hybridized carbons (Fsp3) is 0.368. The normalized spacial score (nSPS) is 17.1. The summed E-state index contributed by atoms with van der Waals surface area (Å²) in [5, 5.41) is 3.60. The molecule has 0 radical (unpaired) electrons. The molecule has 1 aliphatic heterocycles. The van der Waals surface area contributed by atoms with Crippen molar-refractivity contribution in [1.82, 2.24) is 25.3 Å². The quantitative estimate of drug-likeness (QED) is 0.734. The Hall–Kier alpha value is -3.16. The van der Waals surface area contributed by atoms with E-state index in [1.54, 1.807) is 25.4 Å². The van der Waals surface area contributed by atoms with Crippen molar-refractivity contribution >= 4 is 22.8 Å². The van der Waals surface area contributed by atoms with Crippen molar-refractivity contribution in [3.8, 4) is 5.75 Å². The third-order valence-corrected chi connectivity index (χ3v) is 4.68. The second-order valence-corrected chi connectivity index (χ2v) is 6.62. The number of carbonyl (C=O) groups is 1. The summed E-state index contributed by atoms with van der Waals surface area (Å²) in [7, 11) is 1.59. The molecule has 0 spiro atoms. The molecule has 8 heteroatoms. The SMILES string of the molecule is CNC(=O)c1cc(OC2CCCN(c3nc(C)nc4[nH]ccc34)C2)ccn1. The number of H-pyrrole nitrogens is 1. The van der Waals surface area contributed by atoms with E-state index in [0.29, 0.717) is 11.4 Å². The van der Waals surface area contributed by atoms with Gasteiger partial charge in [-0.1, -0.05) is 0 Å². The minimum Gasteiger partial charge on any atom is -0.488 e. The van der Waals surface area contributed by atoms with Crippen molar-refractivity contribution in [2.75, 3.05) is 25.0 Å². The molecule has 4 heterocycles. The van der Waals surface area contributed by atoms with E-state index in [1.165, 1.54) is 0 Å². The van der Waals surface area contributed by atoms with E-state index in [0.717, 1.165) is 48.6 Å². The number of nitrogens with zero attached hydrogens (tertiary/aromatic N) is 4. The average Bonchev–Trinajstić information content (AvgIpc) is 3.15. The van der Waals surface area contributed by atoms with Crippen LogP contribution in [0, 0.1) is 6.92 Å².